The summed E-state index contributed by atoms with van der Waals surface area (Å²) in [5, 5.41) is 15.2. The molecular formula is C19H24N8OS. The normalized spacial score (nSPS) is 14.9. The van der Waals surface area contributed by atoms with Crippen LogP contribution >= 0.6 is 11.3 Å². The van der Waals surface area contributed by atoms with Gasteiger partial charge in [0.05, 0.1) is 11.3 Å². The monoisotopic (exact) mass is 412 g/mol. The van der Waals surface area contributed by atoms with Crippen LogP contribution in [0.4, 0.5) is 10.9 Å². The molecule has 1 amide bonds. The molecular weight excluding hydrogens is 388 g/mol. The molecule has 10 heteroatoms. The van der Waals surface area contributed by atoms with Gasteiger partial charge in [0.15, 0.2) is 0 Å². The van der Waals surface area contributed by atoms with Crippen LogP contribution in [0.5, 0.6) is 0 Å². The van der Waals surface area contributed by atoms with Gasteiger partial charge in [0.25, 0.3) is 5.91 Å². The van der Waals surface area contributed by atoms with Crippen LogP contribution in [-0.2, 0) is 13.6 Å². The molecule has 1 fully saturated rings. The molecule has 0 spiro atoms. The largest absolute Gasteiger partial charge is 0.354 e. The molecule has 4 heterocycles. The van der Waals surface area contributed by atoms with E-state index in [2.05, 4.69) is 49.2 Å². The molecule has 1 saturated heterocycles. The highest BCUT2D eigenvalue weighted by atomic mass is 32.1. The van der Waals surface area contributed by atoms with Crippen LogP contribution in [0.25, 0.3) is 0 Å². The van der Waals surface area contributed by atoms with Gasteiger partial charge in [0.2, 0.25) is 5.13 Å². The van der Waals surface area contributed by atoms with Gasteiger partial charge in [-0.3, -0.25) is 19.7 Å². The maximum absolute atomic E-state index is 12.2. The lowest BCUT2D eigenvalue weighted by Crippen LogP contribution is -2.46. The Balaban J connectivity index is 1.33. The first kappa shape index (κ1) is 19.5. The minimum absolute atomic E-state index is 0.229. The molecule has 0 aromatic carbocycles. The number of pyridine rings is 1. The van der Waals surface area contributed by atoms with Gasteiger partial charge in [-0.25, -0.2) is 4.98 Å². The fourth-order valence-electron chi connectivity index (χ4n) is 3.51. The van der Waals surface area contributed by atoms with E-state index in [9.17, 15) is 4.79 Å². The summed E-state index contributed by atoms with van der Waals surface area (Å²) in [6, 6.07) is 3.70. The molecule has 152 valence electrons. The first-order chi connectivity index (χ1) is 14.0. The summed E-state index contributed by atoms with van der Waals surface area (Å²) in [6.07, 6.45) is 1.61. The minimum atomic E-state index is -0.229. The minimum Gasteiger partial charge on any atom is -0.354 e. The number of amides is 1. The molecule has 0 radical (unpaired) electrons. The van der Waals surface area contributed by atoms with E-state index in [1.165, 1.54) is 22.6 Å². The molecule has 1 N–H and O–H groups in total. The summed E-state index contributed by atoms with van der Waals surface area (Å²) in [5.41, 5.74) is 5.74. The summed E-state index contributed by atoms with van der Waals surface area (Å²) in [5.74, 6) is 0.665. The zero-order valence-electron chi connectivity index (χ0n) is 16.8. The number of carbonyl (C=O) groups is 1. The Morgan fingerprint density at radius 2 is 2.00 bits per heavy atom. The first-order valence-corrected chi connectivity index (χ1v) is 10.4. The highest BCUT2D eigenvalue weighted by Gasteiger charge is 2.21. The average molecular weight is 413 g/mol. The van der Waals surface area contributed by atoms with Crippen molar-refractivity contribution in [3.8, 4) is 0 Å². The third-order valence-corrected chi connectivity index (χ3v) is 5.93. The Labute approximate surface area is 173 Å². The van der Waals surface area contributed by atoms with Crippen LogP contribution in [0.2, 0.25) is 0 Å². The number of nitrogens with zero attached hydrogens (tertiary/aromatic N) is 7. The second-order valence-electron chi connectivity index (χ2n) is 7.14. The van der Waals surface area contributed by atoms with Crippen molar-refractivity contribution in [2.75, 3.05) is 36.4 Å². The Morgan fingerprint density at radius 3 is 2.59 bits per heavy atom. The van der Waals surface area contributed by atoms with Crippen molar-refractivity contribution in [3.63, 3.8) is 0 Å². The van der Waals surface area contributed by atoms with E-state index in [1.54, 1.807) is 17.8 Å². The molecule has 4 rings (SSSR count). The molecule has 0 bridgehead atoms. The van der Waals surface area contributed by atoms with Crippen LogP contribution in [0.15, 0.2) is 23.8 Å². The van der Waals surface area contributed by atoms with Gasteiger partial charge in [-0.15, -0.1) is 10.2 Å². The summed E-state index contributed by atoms with van der Waals surface area (Å²) in [6.45, 7) is 8.87. The molecule has 3 aromatic rings. The molecule has 0 aliphatic carbocycles. The van der Waals surface area contributed by atoms with Gasteiger partial charge in [0, 0.05) is 57.2 Å². The lowest BCUT2D eigenvalue weighted by Gasteiger charge is -2.35. The first-order valence-electron chi connectivity index (χ1n) is 9.51. The van der Waals surface area contributed by atoms with Crippen molar-refractivity contribution in [2.45, 2.75) is 20.4 Å². The topological polar surface area (TPSA) is 92.1 Å². The van der Waals surface area contributed by atoms with Gasteiger partial charge in [-0.2, -0.15) is 5.10 Å². The van der Waals surface area contributed by atoms with Crippen LogP contribution < -0.4 is 10.2 Å². The summed E-state index contributed by atoms with van der Waals surface area (Å²) in [7, 11) is 1.99. The van der Waals surface area contributed by atoms with Crippen LogP contribution in [0.3, 0.4) is 0 Å². The lowest BCUT2D eigenvalue weighted by molar-refractivity contribution is 0.102. The number of anilines is 2. The van der Waals surface area contributed by atoms with E-state index in [0.717, 1.165) is 44.2 Å². The molecule has 29 heavy (non-hydrogen) atoms. The SMILES string of the molecule is Cc1nn(C)c(C)c1CN1CCN(c2ccc(C(=O)Nc3nncs3)cn2)CC1. The summed E-state index contributed by atoms with van der Waals surface area (Å²) < 4.78 is 1.95. The second kappa shape index (κ2) is 8.26. The number of aryl methyl sites for hydroxylation is 2. The molecule has 0 saturated carbocycles. The summed E-state index contributed by atoms with van der Waals surface area (Å²) >= 11 is 1.28. The number of hydrogen-bond acceptors (Lipinski definition) is 8. The number of piperazine rings is 1. The molecule has 1 aliphatic heterocycles. The van der Waals surface area contributed by atoms with Crippen LogP contribution in [-0.4, -0.2) is 61.9 Å². The van der Waals surface area contributed by atoms with E-state index >= 15 is 0 Å². The lowest BCUT2D eigenvalue weighted by atomic mass is 10.1. The third-order valence-electron chi connectivity index (χ3n) is 5.33. The Hall–Kier alpha value is -2.85. The highest BCUT2D eigenvalue weighted by Crippen LogP contribution is 2.19. The zero-order valence-corrected chi connectivity index (χ0v) is 17.6. The fourth-order valence-corrected chi connectivity index (χ4v) is 3.95. The van der Waals surface area contributed by atoms with Crippen molar-refractivity contribution >= 4 is 28.2 Å². The van der Waals surface area contributed by atoms with Crippen molar-refractivity contribution < 1.29 is 4.79 Å². The van der Waals surface area contributed by atoms with Gasteiger partial charge in [0.1, 0.15) is 11.3 Å². The van der Waals surface area contributed by atoms with E-state index in [0.29, 0.717) is 10.7 Å². The van der Waals surface area contributed by atoms with Crippen molar-refractivity contribution in [3.05, 3.63) is 46.4 Å². The standard InChI is InChI=1S/C19H24N8OS/c1-13-16(14(2)25(3)24-13)11-26-6-8-27(9-7-26)17-5-4-15(10-20-17)18(28)22-19-23-21-12-29-19/h4-5,10,12H,6-9,11H2,1-3H3,(H,22,23,28). The number of aromatic nitrogens is 5. The maximum Gasteiger partial charge on any atom is 0.259 e. The second-order valence-corrected chi connectivity index (χ2v) is 7.97. The number of hydrogen-bond donors (Lipinski definition) is 1. The third kappa shape index (κ3) is 4.28. The predicted octanol–water partition coefficient (Wildman–Crippen LogP) is 1.86. The average Bonchev–Trinajstić information content (AvgIpc) is 3.32. The van der Waals surface area contributed by atoms with Crippen molar-refractivity contribution in [1.29, 1.82) is 0 Å². The van der Waals surface area contributed by atoms with Gasteiger partial charge < -0.3 is 4.90 Å². The zero-order chi connectivity index (χ0) is 20.4. The fraction of sp³-hybridized carbons (Fsp3) is 0.421. The van der Waals surface area contributed by atoms with Crippen LogP contribution in [0.1, 0.15) is 27.3 Å². The van der Waals surface area contributed by atoms with Crippen molar-refractivity contribution in [2.24, 2.45) is 7.05 Å². The predicted molar refractivity (Wildman–Crippen MR) is 112 cm³/mol. The molecule has 1 aliphatic rings. The highest BCUT2D eigenvalue weighted by molar-refractivity contribution is 7.13. The Morgan fingerprint density at radius 1 is 1.21 bits per heavy atom. The molecule has 3 aromatic heterocycles. The number of carbonyl (C=O) groups excluding carboxylic acids is 1. The van der Waals surface area contributed by atoms with E-state index in [-0.39, 0.29) is 5.91 Å². The molecule has 0 atom stereocenters. The number of nitrogens with one attached hydrogen (secondary N) is 1. The van der Waals surface area contributed by atoms with E-state index < -0.39 is 0 Å². The Bertz CT molecular complexity index is 975. The smallest absolute Gasteiger partial charge is 0.259 e. The number of rotatable bonds is 5. The van der Waals surface area contributed by atoms with E-state index in [4.69, 9.17) is 0 Å². The quantitative estimate of drug-likeness (QED) is 0.684. The maximum atomic E-state index is 12.2. The van der Waals surface area contributed by atoms with Crippen LogP contribution in [0, 0.1) is 13.8 Å². The molecule has 0 unspecified atom stereocenters. The Kier molecular flexibility index (Phi) is 5.54. The van der Waals surface area contributed by atoms with Crippen molar-refractivity contribution in [1.82, 2.24) is 29.9 Å². The van der Waals surface area contributed by atoms with Gasteiger partial charge in [-0.05, 0) is 26.0 Å². The summed E-state index contributed by atoms with van der Waals surface area (Å²) in [4.78, 5) is 21.4. The van der Waals surface area contributed by atoms with Gasteiger partial charge in [-0.1, -0.05) is 11.3 Å². The van der Waals surface area contributed by atoms with Gasteiger partial charge >= 0.3 is 0 Å². The molecule has 9 nitrogen and oxygen atoms in total. The van der Waals surface area contributed by atoms with E-state index in [1.807, 2.05) is 17.8 Å².